The molecule has 92 heavy (non-hydrogen) atoms. The molecule has 1 aliphatic heterocycles. The molecule has 0 fully saturated rings. The Labute approximate surface area is 539 Å². The Morgan fingerprint density at radius 3 is 1.18 bits per heavy atom. The average molecular weight is 1180 g/mol. The number of hydrogen-bond donors (Lipinski definition) is 0. The van der Waals surface area contributed by atoms with Crippen molar-refractivity contribution in [2.75, 3.05) is 9.80 Å². The number of hydrogen-bond acceptors (Lipinski definition) is 2. The average Bonchev–Trinajstić information content (AvgIpc) is 1.49. The third-order valence-electron chi connectivity index (χ3n) is 23.4. The number of rotatable bonds is 4. The summed E-state index contributed by atoms with van der Waals surface area (Å²) >= 11 is 0. The first-order valence-corrected chi connectivity index (χ1v) is 33.0. The van der Waals surface area contributed by atoms with Gasteiger partial charge >= 0.3 is 0 Å². The van der Waals surface area contributed by atoms with Gasteiger partial charge in [0.15, 0.2) is 0 Å². The maximum absolute atomic E-state index is 2.61. The molecule has 1 spiro atoms. The van der Waals surface area contributed by atoms with E-state index >= 15 is 0 Å². The molecule has 0 saturated heterocycles. The molecule has 0 N–H and O–H groups in total. The van der Waals surface area contributed by atoms with E-state index in [1.807, 2.05) is 0 Å². The highest BCUT2D eigenvalue weighted by Crippen LogP contribution is 2.68. The number of benzene rings is 13. The normalized spacial score (nSPS) is 18.5. The Bertz CT molecular complexity index is 5390. The monoisotopic (exact) mass is 1170 g/mol. The molecule has 7 aliphatic rings. The fraction of sp³-hybridized carbons (Fsp3) is 0.133. The van der Waals surface area contributed by atoms with Crippen molar-refractivity contribution in [2.24, 2.45) is 0 Å². The fourth-order valence-corrected chi connectivity index (χ4v) is 19.2. The van der Waals surface area contributed by atoms with E-state index in [0.29, 0.717) is 0 Å². The summed E-state index contributed by atoms with van der Waals surface area (Å²) < 4.78 is 0. The molecule has 2 atom stereocenters. The minimum atomic E-state index is -0.648. The zero-order valence-corrected chi connectivity index (χ0v) is 52.9. The standard InChI is InChI=1S/C90H66N2/c1-86(2)72-30-14-8-22-61(72)66-42-38-54(49-80(66)86)91(55-39-43-67-62-23-9-15-31-73(62)87(3,4)81(67)50-55)58-46-53-47-59(48-58)92(56-40-44-68-63-24-10-16-32-74(63)88(5,6)82(68)51-56)57-41-45-69-64-25-11-17-33-75(64)89(7,83(69)52-57)78-36-21-37-79-84(78)71-27-13-19-35-77(71)90(79)76-34-18-12-26-65(76)70-29-20-28-60(53)85(70)90/h8-52H,1-7H3. The van der Waals surface area contributed by atoms with Crippen LogP contribution in [0.5, 0.6) is 0 Å². The van der Waals surface area contributed by atoms with E-state index in [1.54, 1.807) is 0 Å². The molecule has 0 saturated carbocycles. The van der Waals surface area contributed by atoms with Crippen LogP contribution >= 0.6 is 0 Å². The fourth-order valence-electron chi connectivity index (χ4n) is 19.2. The molecule has 0 aromatic heterocycles. The predicted octanol–water partition coefficient (Wildman–Crippen LogP) is 23.2. The maximum Gasteiger partial charge on any atom is 0.0731 e. The highest BCUT2D eigenvalue weighted by atomic mass is 15.2. The molecule has 6 aliphatic carbocycles. The molecule has 13 aromatic carbocycles. The van der Waals surface area contributed by atoms with Gasteiger partial charge in [0, 0.05) is 55.8 Å². The second-order valence-corrected chi connectivity index (χ2v) is 28.8. The summed E-state index contributed by atoms with van der Waals surface area (Å²) in [7, 11) is 0. The van der Waals surface area contributed by atoms with E-state index < -0.39 is 10.8 Å². The number of anilines is 6. The molecule has 8 bridgehead atoms. The molecule has 2 nitrogen and oxygen atoms in total. The van der Waals surface area contributed by atoms with Gasteiger partial charge < -0.3 is 9.80 Å². The van der Waals surface area contributed by atoms with E-state index in [4.69, 9.17) is 0 Å². The van der Waals surface area contributed by atoms with Crippen molar-refractivity contribution in [3.8, 4) is 77.9 Å². The topological polar surface area (TPSA) is 6.48 Å². The summed E-state index contributed by atoms with van der Waals surface area (Å²) in [4.78, 5) is 5.22. The Hall–Kier alpha value is -10.5. The molecule has 2 unspecified atom stereocenters. The van der Waals surface area contributed by atoms with Crippen LogP contribution in [0.4, 0.5) is 34.1 Å². The number of fused-ring (bicyclic) bond motifs is 20. The van der Waals surface area contributed by atoms with Gasteiger partial charge in [0.1, 0.15) is 0 Å². The van der Waals surface area contributed by atoms with Crippen LogP contribution in [0.2, 0.25) is 0 Å². The highest BCUT2D eigenvalue weighted by Gasteiger charge is 2.55. The Morgan fingerprint density at radius 2 is 0.620 bits per heavy atom. The lowest BCUT2D eigenvalue weighted by Crippen LogP contribution is -2.28. The van der Waals surface area contributed by atoms with Gasteiger partial charge in [-0.2, -0.15) is 0 Å². The Morgan fingerprint density at radius 1 is 0.239 bits per heavy atom. The van der Waals surface area contributed by atoms with Gasteiger partial charge in [-0.25, -0.2) is 0 Å². The second kappa shape index (κ2) is 17.7. The van der Waals surface area contributed by atoms with Crippen molar-refractivity contribution in [3.05, 3.63) is 345 Å². The van der Waals surface area contributed by atoms with Gasteiger partial charge in [-0.05, 0) is 224 Å². The molecule has 0 radical (unpaired) electrons. The lowest BCUT2D eigenvalue weighted by atomic mass is 9.67. The van der Waals surface area contributed by atoms with Crippen LogP contribution in [0.25, 0.3) is 77.9 Å². The summed E-state index contributed by atoms with van der Waals surface area (Å²) in [5.74, 6) is 0. The van der Waals surface area contributed by atoms with Gasteiger partial charge in [-0.1, -0.05) is 248 Å². The van der Waals surface area contributed by atoms with E-state index in [-0.39, 0.29) is 16.2 Å². The summed E-state index contributed by atoms with van der Waals surface area (Å²) in [6, 6.07) is 107. The smallest absolute Gasteiger partial charge is 0.0731 e. The van der Waals surface area contributed by atoms with Crippen LogP contribution in [0.15, 0.2) is 273 Å². The van der Waals surface area contributed by atoms with Crippen molar-refractivity contribution >= 4 is 34.1 Å². The minimum Gasteiger partial charge on any atom is -0.310 e. The third-order valence-corrected chi connectivity index (χ3v) is 23.4. The highest BCUT2D eigenvalue weighted by molar-refractivity contribution is 6.03. The van der Waals surface area contributed by atoms with Crippen LogP contribution in [-0.4, -0.2) is 0 Å². The molecule has 2 heteroatoms. The first-order valence-electron chi connectivity index (χ1n) is 33.0. The lowest BCUT2D eigenvalue weighted by Gasteiger charge is -2.36. The molecule has 13 aromatic rings. The minimum absolute atomic E-state index is 0.228. The zero-order valence-electron chi connectivity index (χ0n) is 52.9. The van der Waals surface area contributed by atoms with Gasteiger partial charge in [0.05, 0.1) is 5.41 Å². The zero-order chi connectivity index (χ0) is 61.5. The molecular weight excluding hydrogens is 1110 g/mol. The van der Waals surface area contributed by atoms with Gasteiger partial charge in [0.2, 0.25) is 0 Å². The van der Waals surface area contributed by atoms with E-state index in [9.17, 15) is 0 Å². The summed E-state index contributed by atoms with van der Waals surface area (Å²) in [5.41, 5.74) is 40.3. The van der Waals surface area contributed by atoms with Crippen molar-refractivity contribution in [2.45, 2.75) is 75.5 Å². The molecule has 436 valence electrons. The lowest BCUT2D eigenvalue weighted by molar-refractivity contribution is 0.660. The van der Waals surface area contributed by atoms with E-state index in [1.165, 1.54) is 145 Å². The summed E-state index contributed by atoms with van der Waals surface area (Å²) in [6.45, 7) is 17.0. The van der Waals surface area contributed by atoms with Crippen molar-refractivity contribution in [1.82, 2.24) is 0 Å². The van der Waals surface area contributed by atoms with E-state index in [2.05, 4.69) is 331 Å². The van der Waals surface area contributed by atoms with Gasteiger partial charge in [-0.15, -0.1) is 0 Å². The van der Waals surface area contributed by atoms with Gasteiger partial charge in [-0.3, -0.25) is 0 Å². The summed E-state index contributed by atoms with van der Waals surface area (Å²) in [6.07, 6.45) is 0. The van der Waals surface area contributed by atoms with Gasteiger partial charge in [0.25, 0.3) is 0 Å². The van der Waals surface area contributed by atoms with Crippen LogP contribution in [0.1, 0.15) is 121 Å². The van der Waals surface area contributed by atoms with Crippen LogP contribution < -0.4 is 9.80 Å². The predicted molar refractivity (Wildman–Crippen MR) is 381 cm³/mol. The first kappa shape index (κ1) is 52.3. The third kappa shape index (κ3) is 6.35. The van der Waals surface area contributed by atoms with Crippen LogP contribution in [0, 0.1) is 0 Å². The Balaban J connectivity index is 0.939. The molecule has 20 rings (SSSR count). The maximum atomic E-state index is 2.61. The van der Waals surface area contributed by atoms with Crippen LogP contribution in [0.3, 0.4) is 0 Å². The quantitative estimate of drug-likeness (QED) is 0.173. The second-order valence-electron chi connectivity index (χ2n) is 28.8. The van der Waals surface area contributed by atoms with Crippen LogP contribution in [-0.2, 0) is 27.1 Å². The molecule has 0 amide bonds. The summed E-state index contributed by atoms with van der Waals surface area (Å²) in [5, 5.41) is 0. The first-order chi connectivity index (χ1) is 44.8. The van der Waals surface area contributed by atoms with E-state index in [0.717, 1.165) is 39.7 Å². The Kier molecular flexibility index (Phi) is 10.0. The van der Waals surface area contributed by atoms with Crippen molar-refractivity contribution < 1.29 is 0 Å². The molecule has 1 heterocycles. The SMILES string of the molecule is CC1(C)c2ccccc2-c2ccc(N(c3cc4cc(c3)N(c3ccc5c(c3)C(C)(C)c3ccccc3-5)c3ccc5c(c3)C(C)(c3ccccc3-5)c3cccc5c3-c3ccccc3C53c5ccccc5-c5cccc-4c53)c3ccc4c(c3)C(C)(C)c3ccccc3-4)cc21. The van der Waals surface area contributed by atoms with Crippen molar-refractivity contribution in [1.29, 1.82) is 0 Å². The largest absolute Gasteiger partial charge is 0.310 e. The number of nitrogens with zero attached hydrogens (tertiary/aromatic N) is 2. The van der Waals surface area contributed by atoms with Crippen molar-refractivity contribution in [3.63, 3.8) is 0 Å². The molecular formula is C90H66N2.